The molecule has 3 N–H and O–H groups in total. The van der Waals surface area contributed by atoms with Crippen molar-refractivity contribution in [3.05, 3.63) is 48.0 Å². The highest BCUT2D eigenvalue weighted by molar-refractivity contribution is 5.92. The first-order valence-corrected chi connectivity index (χ1v) is 11.4. The summed E-state index contributed by atoms with van der Waals surface area (Å²) in [5.41, 5.74) is 1.35. The van der Waals surface area contributed by atoms with Crippen molar-refractivity contribution < 1.29 is 19.8 Å². The van der Waals surface area contributed by atoms with E-state index in [0.29, 0.717) is 23.5 Å². The van der Waals surface area contributed by atoms with E-state index >= 15 is 0 Å². The summed E-state index contributed by atoms with van der Waals surface area (Å²) in [7, 11) is 0. The molecule has 0 aliphatic carbocycles. The number of nitrogens with zero attached hydrogens (tertiary/aromatic N) is 2. The number of phenols is 1. The SMILES string of the molecule is CCCCCCCCCCCC(=O)Nc1ccc(N=Nc2ccc(O)c(C(=O)O)c2)cc1. The number of aromatic hydroxyl groups is 1. The summed E-state index contributed by atoms with van der Waals surface area (Å²) in [6.45, 7) is 2.23. The van der Waals surface area contributed by atoms with Crippen LogP contribution in [-0.2, 0) is 4.79 Å². The van der Waals surface area contributed by atoms with E-state index in [1.807, 2.05) is 0 Å². The molecule has 0 aliphatic heterocycles. The number of unbranched alkanes of at least 4 members (excludes halogenated alkanes) is 8. The van der Waals surface area contributed by atoms with Crippen LogP contribution in [0.1, 0.15) is 81.5 Å². The minimum atomic E-state index is -1.23. The van der Waals surface area contributed by atoms with Gasteiger partial charge in [0.25, 0.3) is 0 Å². The van der Waals surface area contributed by atoms with Gasteiger partial charge in [0.2, 0.25) is 5.91 Å². The first-order chi connectivity index (χ1) is 15.5. The highest BCUT2D eigenvalue weighted by Crippen LogP contribution is 2.25. The lowest BCUT2D eigenvalue weighted by Gasteiger charge is -2.06. The highest BCUT2D eigenvalue weighted by atomic mass is 16.4. The van der Waals surface area contributed by atoms with Crippen LogP contribution in [-0.4, -0.2) is 22.1 Å². The van der Waals surface area contributed by atoms with Crippen molar-refractivity contribution in [1.29, 1.82) is 0 Å². The molecule has 0 aromatic heterocycles. The molecule has 0 saturated heterocycles. The van der Waals surface area contributed by atoms with Crippen molar-refractivity contribution in [3.63, 3.8) is 0 Å². The number of nitrogens with one attached hydrogen (secondary N) is 1. The van der Waals surface area contributed by atoms with Gasteiger partial charge < -0.3 is 15.5 Å². The molecular weight excluding hydrogens is 406 g/mol. The van der Waals surface area contributed by atoms with Crippen molar-refractivity contribution in [2.24, 2.45) is 10.2 Å². The van der Waals surface area contributed by atoms with Crippen LogP contribution in [0, 0.1) is 0 Å². The number of benzene rings is 2. The Balaban J connectivity index is 1.71. The Morgan fingerprint density at radius 1 is 0.812 bits per heavy atom. The van der Waals surface area contributed by atoms with Gasteiger partial charge in [-0.15, -0.1) is 0 Å². The monoisotopic (exact) mass is 439 g/mol. The summed E-state index contributed by atoms with van der Waals surface area (Å²) in [4.78, 5) is 23.2. The van der Waals surface area contributed by atoms with Crippen molar-refractivity contribution in [2.75, 3.05) is 5.32 Å². The van der Waals surface area contributed by atoms with Crippen molar-refractivity contribution in [1.82, 2.24) is 0 Å². The van der Waals surface area contributed by atoms with Gasteiger partial charge in [0.1, 0.15) is 11.3 Å². The molecule has 32 heavy (non-hydrogen) atoms. The van der Waals surface area contributed by atoms with Gasteiger partial charge in [-0.25, -0.2) is 4.79 Å². The number of hydrogen-bond acceptors (Lipinski definition) is 5. The van der Waals surface area contributed by atoms with E-state index in [4.69, 9.17) is 5.11 Å². The number of carboxylic acid groups (broad SMARTS) is 1. The zero-order valence-electron chi connectivity index (χ0n) is 18.7. The van der Waals surface area contributed by atoms with Gasteiger partial charge in [0, 0.05) is 12.1 Å². The molecule has 1 amide bonds. The van der Waals surface area contributed by atoms with Gasteiger partial charge in [-0.05, 0) is 48.9 Å². The second kappa shape index (κ2) is 14.0. The van der Waals surface area contributed by atoms with E-state index in [2.05, 4.69) is 22.5 Å². The molecule has 0 heterocycles. The van der Waals surface area contributed by atoms with Gasteiger partial charge in [-0.1, -0.05) is 58.3 Å². The van der Waals surface area contributed by atoms with E-state index in [9.17, 15) is 14.7 Å². The maximum Gasteiger partial charge on any atom is 0.339 e. The lowest BCUT2D eigenvalue weighted by Crippen LogP contribution is -2.10. The third kappa shape index (κ3) is 9.29. The Kier molecular flexibility index (Phi) is 10.9. The number of carbonyl (C=O) groups excluding carboxylic acids is 1. The topological polar surface area (TPSA) is 111 Å². The van der Waals surface area contributed by atoms with E-state index in [-0.39, 0.29) is 17.2 Å². The molecule has 0 spiro atoms. The second-order valence-corrected chi connectivity index (χ2v) is 7.88. The largest absolute Gasteiger partial charge is 0.507 e. The molecule has 2 rings (SSSR count). The molecule has 0 aliphatic rings. The first-order valence-electron chi connectivity index (χ1n) is 11.4. The molecule has 7 heteroatoms. The zero-order valence-corrected chi connectivity index (χ0v) is 18.7. The Hall–Kier alpha value is -3.22. The lowest BCUT2D eigenvalue weighted by molar-refractivity contribution is -0.116. The third-order valence-corrected chi connectivity index (χ3v) is 5.15. The maximum absolute atomic E-state index is 12.1. The number of hydrogen-bond donors (Lipinski definition) is 3. The Bertz CT molecular complexity index is 895. The third-order valence-electron chi connectivity index (χ3n) is 5.15. The molecule has 2 aromatic carbocycles. The predicted molar refractivity (Wildman–Crippen MR) is 126 cm³/mol. The van der Waals surface area contributed by atoms with Crippen LogP contribution in [0.4, 0.5) is 17.1 Å². The summed E-state index contributed by atoms with van der Waals surface area (Å²) < 4.78 is 0. The molecule has 172 valence electrons. The molecule has 0 fully saturated rings. The summed E-state index contributed by atoms with van der Waals surface area (Å²) in [6.07, 6.45) is 11.5. The highest BCUT2D eigenvalue weighted by Gasteiger charge is 2.10. The fourth-order valence-corrected chi connectivity index (χ4v) is 3.30. The van der Waals surface area contributed by atoms with Gasteiger partial charge in [-0.3, -0.25) is 4.79 Å². The number of carbonyl (C=O) groups is 2. The van der Waals surface area contributed by atoms with E-state index in [0.717, 1.165) is 12.8 Å². The van der Waals surface area contributed by atoms with E-state index in [1.165, 1.54) is 63.1 Å². The minimum Gasteiger partial charge on any atom is -0.507 e. The Morgan fingerprint density at radius 2 is 1.38 bits per heavy atom. The van der Waals surface area contributed by atoms with Crippen molar-refractivity contribution >= 4 is 28.9 Å². The fourth-order valence-electron chi connectivity index (χ4n) is 3.30. The standard InChI is InChI=1S/C25H33N3O4/c1-2-3-4-5-6-7-8-9-10-11-24(30)26-19-12-14-20(15-13-19)27-28-21-16-17-23(29)22(18-21)25(31)32/h12-18,29H,2-11H2,1H3,(H,26,30)(H,31,32). The summed E-state index contributed by atoms with van der Waals surface area (Å²) in [5.74, 6) is -1.55. The number of carboxylic acids is 1. The smallest absolute Gasteiger partial charge is 0.339 e. The quantitative estimate of drug-likeness (QED) is 0.211. The van der Waals surface area contributed by atoms with Crippen LogP contribution in [0.5, 0.6) is 5.75 Å². The average molecular weight is 440 g/mol. The normalized spacial score (nSPS) is 11.0. The molecule has 7 nitrogen and oxygen atoms in total. The number of rotatable bonds is 14. The second-order valence-electron chi connectivity index (χ2n) is 7.88. The minimum absolute atomic E-state index is 0.00705. The molecule has 0 bridgehead atoms. The van der Waals surface area contributed by atoms with Crippen LogP contribution < -0.4 is 5.32 Å². The van der Waals surface area contributed by atoms with Crippen LogP contribution in [0.3, 0.4) is 0 Å². The van der Waals surface area contributed by atoms with Gasteiger partial charge >= 0.3 is 5.97 Å². The maximum atomic E-state index is 12.1. The van der Waals surface area contributed by atoms with Crippen LogP contribution in [0.25, 0.3) is 0 Å². The molecule has 2 aromatic rings. The molecular formula is C25H33N3O4. The number of azo groups is 1. The molecule has 0 saturated carbocycles. The van der Waals surface area contributed by atoms with Gasteiger partial charge in [-0.2, -0.15) is 10.2 Å². The van der Waals surface area contributed by atoms with Crippen molar-refractivity contribution in [3.8, 4) is 5.75 Å². The van der Waals surface area contributed by atoms with Crippen LogP contribution in [0.2, 0.25) is 0 Å². The number of anilines is 1. The number of aromatic carboxylic acids is 1. The van der Waals surface area contributed by atoms with Crippen molar-refractivity contribution in [2.45, 2.75) is 71.1 Å². The van der Waals surface area contributed by atoms with Crippen LogP contribution in [0.15, 0.2) is 52.7 Å². The first kappa shape index (κ1) is 25.0. The molecule has 0 radical (unpaired) electrons. The van der Waals surface area contributed by atoms with Gasteiger partial charge in [0.05, 0.1) is 11.4 Å². The summed E-state index contributed by atoms with van der Waals surface area (Å²) in [6, 6.07) is 10.9. The molecule has 0 unspecified atom stereocenters. The summed E-state index contributed by atoms with van der Waals surface area (Å²) >= 11 is 0. The molecule has 0 atom stereocenters. The predicted octanol–water partition coefficient (Wildman–Crippen LogP) is 7.37. The zero-order chi connectivity index (χ0) is 23.2. The average Bonchev–Trinajstić information content (AvgIpc) is 2.78. The Labute approximate surface area is 189 Å². The van der Waals surface area contributed by atoms with Gasteiger partial charge in [0.15, 0.2) is 0 Å². The Morgan fingerprint density at radius 3 is 2.00 bits per heavy atom. The number of amides is 1. The lowest BCUT2D eigenvalue weighted by atomic mass is 10.1. The summed E-state index contributed by atoms with van der Waals surface area (Å²) in [5, 5.41) is 29.5. The van der Waals surface area contributed by atoms with E-state index in [1.54, 1.807) is 24.3 Å². The van der Waals surface area contributed by atoms with E-state index < -0.39 is 5.97 Å². The fraction of sp³-hybridized carbons (Fsp3) is 0.440. The van der Waals surface area contributed by atoms with Crippen LogP contribution >= 0.6 is 0 Å².